The fourth-order valence-electron chi connectivity index (χ4n) is 1.57. The van der Waals surface area contributed by atoms with Gasteiger partial charge in [-0.15, -0.1) is 0 Å². The molecule has 0 saturated carbocycles. The van der Waals surface area contributed by atoms with Crippen LogP contribution < -0.4 is 4.52 Å². The molecule has 1 aromatic carbocycles. The molecule has 0 atom stereocenters. The molecule has 0 aliphatic carbocycles. The lowest BCUT2D eigenvalue weighted by molar-refractivity contribution is 0.375. The summed E-state index contributed by atoms with van der Waals surface area (Å²) >= 11 is 0. The minimum absolute atomic E-state index is 0.508. The number of hydrogen-bond acceptors (Lipinski definition) is 3. The monoisotopic (exact) mass is 242 g/mol. The smallest absolute Gasteiger partial charge is 0.391 e. The lowest BCUT2D eigenvalue weighted by atomic mass is 10.1. The van der Waals surface area contributed by atoms with Gasteiger partial charge in [0.25, 0.3) is 0 Å². The third kappa shape index (κ3) is 5.45. The van der Waals surface area contributed by atoms with Gasteiger partial charge in [0, 0.05) is 0 Å². The highest BCUT2D eigenvalue weighted by molar-refractivity contribution is 7.39. The Balaban J connectivity index is 2.33. The molecular formula is C12H19O3P. The first-order valence-electron chi connectivity index (χ1n) is 5.67. The predicted octanol–water partition coefficient (Wildman–Crippen LogP) is 3.40. The Kier molecular flexibility index (Phi) is 6.39. The van der Waals surface area contributed by atoms with Gasteiger partial charge in [-0.3, -0.25) is 0 Å². The number of aryl methyl sites for hydroxylation is 1. The first-order valence-corrected chi connectivity index (χ1v) is 6.83. The van der Waals surface area contributed by atoms with Crippen LogP contribution in [0.5, 0.6) is 5.75 Å². The van der Waals surface area contributed by atoms with Crippen LogP contribution in [0.1, 0.15) is 38.2 Å². The summed E-state index contributed by atoms with van der Waals surface area (Å²) in [6.07, 6.45) is 6.10. The summed E-state index contributed by atoms with van der Waals surface area (Å²) in [7, 11) is -2.30. The summed E-state index contributed by atoms with van der Waals surface area (Å²) in [5.41, 5.74) is 1.27. The topological polar surface area (TPSA) is 49.7 Å². The molecule has 0 aliphatic heterocycles. The molecule has 0 amide bonds. The van der Waals surface area contributed by atoms with E-state index in [0.717, 1.165) is 6.42 Å². The zero-order valence-electron chi connectivity index (χ0n) is 9.59. The van der Waals surface area contributed by atoms with Crippen molar-refractivity contribution < 1.29 is 14.3 Å². The second-order valence-corrected chi connectivity index (χ2v) is 4.49. The molecule has 0 unspecified atom stereocenters. The molecule has 1 aromatic rings. The van der Waals surface area contributed by atoms with E-state index in [9.17, 15) is 0 Å². The number of unbranched alkanes of at least 4 members (excludes halogenated alkanes) is 3. The maximum Gasteiger partial charge on any atom is 0.391 e. The zero-order chi connectivity index (χ0) is 11.8. The minimum Gasteiger partial charge on any atom is -0.427 e. The molecule has 90 valence electrons. The van der Waals surface area contributed by atoms with E-state index in [4.69, 9.17) is 14.3 Å². The highest BCUT2D eigenvalue weighted by Gasteiger charge is 2.02. The van der Waals surface area contributed by atoms with Gasteiger partial charge in [-0.1, -0.05) is 38.3 Å². The Morgan fingerprint density at radius 1 is 1.06 bits per heavy atom. The van der Waals surface area contributed by atoms with Gasteiger partial charge in [-0.05, 0) is 30.5 Å². The van der Waals surface area contributed by atoms with E-state index >= 15 is 0 Å². The van der Waals surface area contributed by atoms with Gasteiger partial charge < -0.3 is 14.3 Å². The second kappa shape index (κ2) is 7.61. The van der Waals surface area contributed by atoms with Crippen LogP contribution in [-0.4, -0.2) is 9.79 Å². The van der Waals surface area contributed by atoms with Crippen LogP contribution in [0.2, 0.25) is 0 Å². The van der Waals surface area contributed by atoms with Crippen molar-refractivity contribution in [2.45, 2.75) is 39.0 Å². The zero-order valence-corrected chi connectivity index (χ0v) is 10.5. The molecule has 0 spiro atoms. The van der Waals surface area contributed by atoms with Crippen LogP contribution in [0.15, 0.2) is 24.3 Å². The van der Waals surface area contributed by atoms with Gasteiger partial charge in [0.2, 0.25) is 0 Å². The quantitative estimate of drug-likeness (QED) is 0.569. The van der Waals surface area contributed by atoms with Gasteiger partial charge in [0.15, 0.2) is 0 Å². The summed E-state index contributed by atoms with van der Waals surface area (Å²) in [5, 5.41) is 0. The Morgan fingerprint density at radius 2 is 1.75 bits per heavy atom. The minimum atomic E-state index is -2.30. The molecule has 1 rings (SSSR count). The van der Waals surface area contributed by atoms with E-state index in [1.807, 2.05) is 12.1 Å². The molecule has 2 N–H and O–H groups in total. The average molecular weight is 242 g/mol. The summed E-state index contributed by atoms with van der Waals surface area (Å²) in [5.74, 6) is 0.508. The molecule has 16 heavy (non-hydrogen) atoms. The summed E-state index contributed by atoms with van der Waals surface area (Å²) in [6.45, 7) is 2.20. The van der Waals surface area contributed by atoms with Crippen molar-refractivity contribution in [1.82, 2.24) is 0 Å². The van der Waals surface area contributed by atoms with Crippen molar-refractivity contribution in [2.75, 3.05) is 0 Å². The molecule has 0 radical (unpaired) electrons. The molecular weight excluding hydrogens is 223 g/mol. The van der Waals surface area contributed by atoms with Gasteiger partial charge in [0.1, 0.15) is 5.75 Å². The first-order chi connectivity index (χ1) is 7.72. The van der Waals surface area contributed by atoms with Crippen LogP contribution in [0.3, 0.4) is 0 Å². The van der Waals surface area contributed by atoms with E-state index in [2.05, 4.69) is 6.92 Å². The van der Waals surface area contributed by atoms with Crippen molar-refractivity contribution in [3.05, 3.63) is 29.8 Å². The molecule has 3 nitrogen and oxygen atoms in total. The van der Waals surface area contributed by atoms with Crippen LogP contribution in [0.4, 0.5) is 0 Å². The lowest BCUT2D eigenvalue weighted by Crippen LogP contribution is -1.88. The summed E-state index contributed by atoms with van der Waals surface area (Å²) in [6, 6.07) is 7.49. The van der Waals surface area contributed by atoms with Crippen molar-refractivity contribution >= 4 is 8.60 Å². The summed E-state index contributed by atoms with van der Waals surface area (Å²) in [4.78, 5) is 17.3. The normalized spacial score (nSPS) is 10.8. The van der Waals surface area contributed by atoms with Crippen LogP contribution in [0, 0.1) is 0 Å². The Bertz CT molecular complexity index is 285. The Morgan fingerprint density at radius 3 is 2.31 bits per heavy atom. The number of hydrogen-bond donors (Lipinski definition) is 2. The third-order valence-corrected chi connectivity index (χ3v) is 2.80. The van der Waals surface area contributed by atoms with Crippen LogP contribution >= 0.6 is 8.60 Å². The van der Waals surface area contributed by atoms with Gasteiger partial charge >= 0.3 is 8.60 Å². The van der Waals surface area contributed by atoms with E-state index in [1.54, 1.807) is 12.1 Å². The van der Waals surface area contributed by atoms with E-state index < -0.39 is 8.60 Å². The SMILES string of the molecule is CCCCCCc1ccc(OP(O)O)cc1. The van der Waals surface area contributed by atoms with Crippen molar-refractivity contribution in [3.63, 3.8) is 0 Å². The molecule has 0 aromatic heterocycles. The average Bonchev–Trinajstić information content (AvgIpc) is 2.26. The standard InChI is InChI=1S/C12H19O3P/c1-2-3-4-5-6-11-7-9-12(10-8-11)15-16(13)14/h7-10,13-14H,2-6H2,1H3. The fraction of sp³-hybridized carbons (Fsp3) is 0.500. The van der Waals surface area contributed by atoms with Gasteiger partial charge in [-0.2, -0.15) is 0 Å². The lowest BCUT2D eigenvalue weighted by Gasteiger charge is -2.06. The number of rotatable bonds is 7. The fourth-order valence-corrected chi connectivity index (χ4v) is 1.88. The van der Waals surface area contributed by atoms with E-state index in [0.29, 0.717) is 5.75 Å². The van der Waals surface area contributed by atoms with Gasteiger partial charge in [-0.25, -0.2) is 0 Å². The highest BCUT2D eigenvalue weighted by atomic mass is 31.2. The second-order valence-electron chi connectivity index (χ2n) is 3.80. The van der Waals surface area contributed by atoms with Crippen molar-refractivity contribution in [3.8, 4) is 5.75 Å². The van der Waals surface area contributed by atoms with E-state index in [1.165, 1.54) is 31.2 Å². The largest absolute Gasteiger partial charge is 0.427 e. The molecule has 4 heteroatoms. The van der Waals surface area contributed by atoms with Gasteiger partial charge in [0.05, 0.1) is 0 Å². The predicted molar refractivity (Wildman–Crippen MR) is 66.3 cm³/mol. The van der Waals surface area contributed by atoms with E-state index in [-0.39, 0.29) is 0 Å². The van der Waals surface area contributed by atoms with Crippen molar-refractivity contribution in [2.24, 2.45) is 0 Å². The Labute approximate surface area is 98.1 Å². The molecule has 0 fully saturated rings. The maximum absolute atomic E-state index is 8.67. The maximum atomic E-state index is 8.67. The van der Waals surface area contributed by atoms with Crippen LogP contribution in [0.25, 0.3) is 0 Å². The Hall–Kier alpha value is -0.630. The molecule has 0 aliphatic rings. The molecule has 0 saturated heterocycles. The highest BCUT2D eigenvalue weighted by Crippen LogP contribution is 2.28. The number of benzene rings is 1. The summed E-state index contributed by atoms with van der Waals surface area (Å²) < 4.78 is 4.79. The third-order valence-electron chi connectivity index (χ3n) is 2.43. The molecule has 0 bridgehead atoms. The van der Waals surface area contributed by atoms with Crippen LogP contribution in [-0.2, 0) is 6.42 Å². The molecule has 0 heterocycles. The first kappa shape index (κ1) is 13.4. The van der Waals surface area contributed by atoms with Crippen molar-refractivity contribution in [1.29, 1.82) is 0 Å².